The molecule has 5 nitrogen and oxygen atoms in total. The smallest absolute Gasteiger partial charge is 0.229 e. The molecule has 27 heavy (non-hydrogen) atoms. The number of benzene rings is 1. The van der Waals surface area contributed by atoms with Crippen LogP contribution in [0.5, 0.6) is 0 Å². The Morgan fingerprint density at radius 3 is 2.11 bits per heavy atom. The number of aryl methyl sites for hydroxylation is 1. The fourth-order valence-corrected chi connectivity index (χ4v) is 6.59. The average Bonchev–Trinajstić information content (AvgIpc) is 2.57. The van der Waals surface area contributed by atoms with Crippen LogP contribution in [0.4, 0.5) is 5.69 Å². The molecule has 0 saturated heterocycles. The molecular formula is C21H30N2O3S. The van der Waals surface area contributed by atoms with Crippen LogP contribution < -0.4 is 10.0 Å². The molecule has 0 atom stereocenters. The fraction of sp³-hybridized carbons (Fsp3) is 0.667. The van der Waals surface area contributed by atoms with E-state index >= 15 is 0 Å². The van der Waals surface area contributed by atoms with Gasteiger partial charge in [-0.3, -0.25) is 9.52 Å². The number of anilines is 1. The first kappa shape index (κ1) is 18.8. The van der Waals surface area contributed by atoms with Gasteiger partial charge in [-0.1, -0.05) is 12.1 Å². The highest BCUT2D eigenvalue weighted by Crippen LogP contribution is 2.60. The highest BCUT2D eigenvalue weighted by atomic mass is 32.2. The summed E-state index contributed by atoms with van der Waals surface area (Å²) < 4.78 is 24.9. The summed E-state index contributed by atoms with van der Waals surface area (Å²) in [5, 5.41) is 3.22. The van der Waals surface area contributed by atoms with Gasteiger partial charge in [-0.15, -0.1) is 0 Å². The molecule has 0 unspecified atom stereocenters. The van der Waals surface area contributed by atoms with Crippen molar-refractivity contribution in [3.05, 3.63) is 29.8 Å². The van der Waals surface area contributed by atoms with E-state index in [0.717, 1.165) is 61.7 Å². The molecule has 4 saturated carbocycles. The Morgan fingerprint density at radius 1 is 1.04 bits per heavy atom. The van der Waals surface area contributed by atoms with E-state index in [1.54, 1.807) is 12.1 Å². The van der Waals surface area contributed by atoms with Crippen LogP contribution in [-0.2, 0) is 21.2 Å². The van der Waals surface area contributed by atoms with Gasteiger partial charge in [0.2, 0.25) is 15.9 Å². The molecule has 0 radical (unpaired) electrons. The summed E-state index contributed by atoms with van der Waals surface area (Å²) in [5.41, 5.74) is 1.67. The van der Waals surface area contributed by atoms with Gasteiger partial charge < -0.3 is 5.32 Å². The topological polar surface area (TPSA) is 75.3 Å². The van der Waals surface area contributed by atoms with E-state index in [2.05, 4.69) is 10.0 Å². The minimum absolute atomic E-state index is 0.0618. The number of hydrogen-bond donors (Lipinski definition) is 2. The van der Waals surface area contributed by atoms with E-state index in [-0.39, 0.29) is 5.41 Å². The molecule has 1 aromatic rings. The molecule has 0 heterocycles. The van der Waals surface area contributed by atoms with E-state index in [9.17, 15) is 13.2 Å². The number of amides is 1. The van der Waals surface area contributed by atoms with Crippen LogP contribution in [0.25, 0.3) is 0 Å². The lowest BCUT2D eigenvalue weighted by Gasteiger charge is -2.55. The number of sulfonamides is 1. The molecule has 0 spiro atoms. The molecule has 0 aromatic heterocycles. The second-order valence-corrected chi connectivity index (χ2v) is 10.9. The number of hydrogen-bond acceptors (Lipinski definition) is 3. The molecule has 4 aliphatic carbocycles. The van der Waals surface area contributed by atoms with Crippen molar-refractivity contribution in [1.29, 1.82) is 0 Å². The zero-order chi connectivity index (χ0) is 19.1. The predicted octanol–water partition coefficient (Wildman–Crippen LogP) is 3.32. The zero-order valence-electron chi connectivity index (χ0n) is 16.0. The molecule has 1 aromatic carbocycles. The first-order chi connectivity index (χ1) is 12.8. The maximum Gasteiger partial charge on any atom is 0.229 e. The van der Waals surface area contributed by atoms with E-state index in [1.165, 1.54) is 19.3 Å². The van der Waals surface area contributed by atoms with Crippen molar-refractivity contribution in [2.24, 2.45) is 23.2 Å². The third-order valence-electron chi connectivity index (χ3n) is 6.70. The van der Waals surface area contributed by atoms with Gasteiger partial charge in [0.15, 0.2) is 0 Å². The van der Waals surface area contributed by atoms with Crippen LogP contribution in [0, 0.1) is 23.2 Å². The number of carbonyl (C=O) groups excluding carboxylic acids is 1. The van der Waals surface area contributed by atoms with Gasteiger partial charge >= 0.3 is 0 Å². The molecule has 4 aliphatic rings. The van der Waals surface area contributed by atoms with Crippen LogP contribution >= 0.6 is 0 Å². The van der Waals surface area contributed by atoms with Crippen LogP contribution in [0.3, 0.4) is 0 Å². The van der Waals surface area contributed by atoms with E-state index in [0.29, 0.717) is 18.1 Å². The monoisotopic (exact) mass is 390 g/mol. The zero-order valence-corrected chi connectivity index (χ0v) is 16.9. The van der Waals surface area contributed by atoms with Gasteiger partial charge in [0, 0.05) is 17.6 Å². The van der Waals surface area contributed by atoms with Crippen molar-refractivity contribution in [2.45, 2.75) is 51.4 Å². The summed E-state index contributed by atoms with van der Waals surface area (Å²) in [4.78, 5) is 12.9. The lowest BCUT2D eigenvalue weighted by atomic mass is 9.49. The van der Waals surface area contributed by atoms with Crippen LogP contribution in [0.1, 0.15) is 50.5 Å². The highest BCUT2D eigenvalue weighted by Gasteiger charge is 2.54. The second-order valence-electron chi connectivity index (χ2n) is 9.13. The summed E-state index contributed by atoms with van der Waals surface area (Å²) in [6, 6.07) is 7.44. The maximum absolute atomic E-state index is 12.9. The largest absolute Gasteiger partial charge is 0.356 e. The average molecular weight is 391 g/mol. The fourth-order valence-electron chi connectivity index (χ4n) is 6.02. The molecule has 1 amide bonds. The summed E-state index contributed by atoms with van der Waals surface area (Å²) in [5.74, 6) is 2.68. The van der Waals surface area contributed by atoms with Gasteiger partial charge in [-0.25, -0.2) is 8.42 Å². The Kier molecular flexibility index (Phi) is 4.95. The second kappa shape index (κ2) is 7.12. The minimum Gasteiger partial charge on any atom is -0.356 e. The Balaban J connectivity index is 1.24. The van der Waals surface area contributed by atoms with Crippen LogP contribution in [0.2, 0.25) is 0 Å². The molecule has 148 valence electrons. The summed E-state index contributed by atoms with van der Waals surface area (Å²) in [7, 11) is -3.24. The van der Waals surface area contributed by atoms with Crippen LogP contribution in [0.15, 0.2) is 24.3 Å². The van der Waals surface area contributed by atoms with Gasteiger partial charge in [0.1, 0.15) is 0 Å². The van der Waals surface area contributed by atoms with Crippen molar-refractivity contribution in [3.63, 3.8) is 0 Å². The Hall–Kier alpha value is -1.56. The molecule has 2 N–H and O–H groups in total. The van der Waals surface area contributed by atoms with E-state index in [4.69, 9.17) is 0 Å². The Bertz CT molecular complexity index is 766. The Labute approximate surface area is 162 Å². The molecule has 5 rings (SSSR count). The van der Waals surface area contributed by atoms with Crippen molar-refractivity contribution in [1.82, 2.24) is 5.32 Å². The van der Waals surface area contributed by atoms with Crippen molar-refractivity contribution in [3.8, 4) is 0 Å². The third kappa shape index (κ3) is 4.31. The standard InChI is InChI=1S/C21H30N2O3S/c1-27(25,26)23-19-6-4-15(5-7-19)3-2-8-22-20(24)21-12-16-9-17(13-21)11-18(10-16)14-21/h4-7,16-18,23H,2-3,8-14H2,1H3,(H,22,24). The number of rotatable bonds is 7. The van der Waals surface area contributed by atoms with Gasteiger partial charge in [0.05, 0.1) is 6.26 Å². The quantitative estimate of drug-likeness (QED) is 0.701. The molecule has 0 aliphatic heterocycles. The normalized spacial score (nSPS) is 31.7. The van der Waals surface area contributed by atoms with E-state index in [1.807, 2.05) is 12.1 Å². The number of nitrogens with one attached hydrogen (secondary N) is 2. The molecule has 4 fully saturated rings. The van der Waals surface area contributed by atoms with Crippen molar-refractivity contribution < 1.29 is 13.2 Å². The SMILES string of the molecule is CS(=O)(=O)Nc1ccc(CCCNC(=O)C23CC4CC(CC(C4)C2)C3)cc1. The van der Waals surface area contributed by atoms with Gasteiger partial charge in [-0.2, -0.15) is 0 Å². The first-order valence-corrected chi connectivity index (χ1v) is 12.1. The van der Waals surface area contributed by atoms with Crippen molar-refractivity contribution >= 4 is 21.6 Å². The predicted molar refractivity (Wildman–Crippen MR) is 107 cm³/mol. The lowest BCUT2D eigenvalue weighted by molar-refractivity contribution is -0.146. The first-order valence-electron chi connectivity index (χ1n) is 10.2. The molecular weight excluding hydrogens is 360 g/mol. The summed E-state index contributed by atoms with van der Waals surface area (Å²) in [6.45, 7) is 0.712. The maximum atomic E-state index is 12.9. The summed E-state index contributed by atoms with van der Waals surface area (Å²) >= 11 is 0. The van der Waals surface area contributed by atoms with Gasteiger partial charge in [0.25, 0.3) is 0 Å². The molecule has 4 bridgehead atoms. The lowest BCUT2D eigenvalue weighted by Crippen LogP contribution is -2.53. The molecule has 6 heteroatoms. The third-order valence-corrected chi connectivity index (χ3v) is 7.31. The Morgan fingerprint density at radius 2 is 1.59 bits per heavy atom. The highest BCUT2D eigenvalue weighted by molar-refractivity contribution is 7.92. The number of carbonyl (C=O) groups is 1. The van der Waals surface area contributed by atoms with Crippen LogP contribution in [-0.4, -0.2) is 27.1 Å². The summed E-state index contributed by atoms with van der Waals surface area (Å²) in [6.07, 6.45) is 10.3. The van der Waals surface area contributed by atoms with Crippen molar-refractivity contribution in [2.75, 3.05) is 17.5 Å². The van der Waals surface area contributed by atoms with E-state index < -0.39 is 10.0 Å². The van der Waals surface area contributed by atoms with Gasteiger partial charge in [-0.05, 0) is 86.8 Å². The minimum atomic E-state index is -3.24.